The third-order valence-electron chi connectivity index (χ3n) is 4.61. The van der Waals surface area contributed by atoms with Gasteiger partial charge in [0.15, 0.2) is 6.61 Å². The number of nitrogens with one attached hydrogen (secondary N) is 1. The molecule has 1 aliphatic rings. The Bertz CT molecular complexity index is 737. The van der Waals surface area contributed by atoms with E-state index in [1.165, 1.54) is 19.3 Å². The summed E-state index contributed by atoms with van der Waals surface area (Å²) in [4.78, 5) is 28.5. The molecule has 132 valence electrons. The number of hydrogen-bond donors (Lipinski definition) is 1. The predicted molar refractivity (Wildman–Crippen MR) is 96.3 cm³/mol. The number of pyridine rings is 1. The van der Waals surface area contributed by atoms with Crippen LogP contribution in [0.5, 0.6) is 0 Å². The highest BCUT2D eigenvalue weighted by atomic mass is 16.5. The summed E-state index contributed by atoms with van der Waals surface area (Å²) in [6.07, 6.45) is 8.05. The van der Waals surface area contributed by atoms with Crippen LogP contribution in [0.4, 0.5) is 0 Å². The lowest BCUT2D eigenvalue weighted by molar-refractivity contribution is -0.125. The van der Waals surface area contributed by atoms with Crippen LogP contribution in [0.3, 0.4) is 0 Å². The number of ether oxygens (including phenoxy) is 1. The molecular weight excluding hydrogens is 316 g/mol. The molecule has 5 heteroatoms. The number of fused-ring (bicyclic) bond motifs is 1. The fourth-order valence-electron chi connectivity index (χ4n) is 3.25. The third-order valence-corrected chi connectivity index (χ3v) is 4.61. The van der Waals surface area contributed by atoms with Gasteiger partial charge in [0.1, 0.15) is 5.69 Å². The van der Waals surface area contributed by atoms with Gasteiger partial charge in [-0.3, -0.25) is 4.79 Å². The van der Waals surface area contributed by atoms with Crippen LogP contribution in [0, 0.1) is 0 Å². The Labute approximate surface area is 147 Å². The van der Waals surface area contributed by atoms with Crippen molar-refractivity contribution in [1.29, 1.82) is 0 Å². The van der Waals surface area contributed by atoms with E-state index in [9.17, 15) is 9.59 Å². The minimum absolute atomic E-state index is 0.199. The van der Waals surface area contributed by atoms with Crippen molar-refractivity contribution in [2.75, 3.05) is 6.61 Å². The van der Waals surface area contributed by atoms with Crippen molar-refractivity contribution in [2.24, 2.45) is 0 Å². The van der Waals surface area contributed by atoms with Crippen LogP contribution in [0.15, 0.2) is 36.4 Å². The molecule has 0 radical (unpaired) electrons. The van der Waals surface area contributed by atoms with Gasteiger partial charge in [-0.25, -0.2) is 9.78 Å². The minimum atomic E-state index is -0.571. The summed E-state index contributed by atoms with van der Waals surface area (Å²) in [5.74, 6) is -0.807. The Kier molecular flexibility index (Phi) is 5.99. The van der Waals surface area contributed by atoms with E-state index in [-0.39, 0.29) is 24.2 Å². The second kappa shape index (κ2) is 8.60. The number of nitrogens with zero attached hydrogens (tertiary/aromatic N) is 1. The van der Waals surface area contributed by atoms with E-state index in [4.69, 9.17) is 4.74 Å². The molecule has 1 amide bonds. The van der Waals surface area contributed by atoms with E-state index >= 15 is 0 Å². The van der Waals surface area contributed by atoms with Gasteiger partial charge in [0.05, 0.1) is 5.52 Å². The van der Waals surface area contributed by atoms with E-state index in [0.29, 0.717) is 0 Å². The zero-order valence-corrected chi connectivity index (χ0v) is 14.4. The maximum atomic E-state index is 12.1. The first-order valence-corrected chi connectivity index (χ1v) is 9.05. The van der Waals surface area contributed by atoms with E-state index in [1.807, 2.05) is 30.3 Å². The maximum Gasteiger partial charge on any atom is 0.357 e. The first-order valence-electron chi connectivity index (χ1n) is 9.05. The number of rotatable bonds is 4. The number of carbonyl (C=O) groups is 2. The quantitative estimate of drug-likeness (QED) is 0.863. The van der Waals surface area contributed by atoms with E-state index in [2.05, 4.69) is 10.3 Å². The van der Waals surface area contributed by atoms with Crippen LogP contribution in [-0.4, -0.2) is 29.5 Å². The van der Waals surface area contributed by atoms with Crippen molar-refractivity contribution >= 4 is 22.8 Å². The van der Waals surface area contributed by atoms with Crippen LogP contribution >= 0.6 is 0 Å². The lowest BCUT2D eigenvalue weighted by Gasteiger charge is -2.20. The molecule has 1 saturated carbocycles. The number of amides is 1. The first-order chi connectivity index (χ1) is 12.2. The van der Waals surface area contributed by atoms with Crippen molar-refractivity contribution in [3.8, 4) is 0 Å². The Morgan fingerprint density at radius 3 is 2.52 bits per heavy atom. The molecule has 1 aromatic heterocycles. The summed E-state index contributed by atoms with van der Waals surface area (Å²) < 4.78 is 5.12. The first kappa shape index (κ1) is 17.4. The van der Waals surface area contributed by atoms with Crippen LogP contribution in [0.1, 0.15) is 55.4 Å². The molecule has 0 atom stereocenters. The van der Waals surface area contributed by atoms with Crippen molar-refractivity contribution in [2.45, 2.75) is 51.0 Å². The Balaban J connectivity index is 1.51. The molecule has 5 nitrogen and oxygen atoms in total. The van der Waals surface area contributed by atoms with Crippen LogP contribution in [0.2, 0.25) is 0 Å². The molecule has 0 bridgehead atoms. The zero-order chi connectivity index (χ0) is 17.5. The van der Waals surface area contributed by atoms with Gasteiger partial charge in [0, 0.05) is 11.4 Å². The molecule has 0 saturated heterocycles. The SMILES string of the molecule is O=C(COC(=O)c1ccc2ccccc2n1)NC1CCCCCCC1. The monoisotopic (exact) mass is 340 g/mol. The predicted octanol–water partition coefficient (Wildman–Crippen LogP) is 3.62. The fraction of sp³-hybridized carbons (Fsp3) is 0.450. The molecule has 1 aliphatic carbocycles. The highest BCUT2D eigenvalue weighted by Crippen LogP contribution is 2.17. The summed E-state index contributed by atoms with van der Waals surface area (Å²) in [5.41, 5.74) is 0.952. The summed E-state index contributed by atoms with van der Waals surface area (Å²) in [6.45, 7) is -0.260. The van der Waals surface area contributed by atoms with Gasteiger partial charge in [-0.2, -0.15) is 0 Å². The minimum Gasteiger partial charge on any atom is -0.451 e. The standard InChI is InChI=1S/C20H24N2O3/c23-19(21-16-9-4-2-1-3-5-10-16)14-25-20(24)18-13-12-15-8-6-7-11-17(15)22-18/h6-8,11-13,16H,1-5,9-10,14H2,(H,21,23). The van der Waals surface area contributed by atoms with Crippen molar-refractivity contribution in [1.82, 2.24) is 10.3 Å². The molecule has 2 aromatic rings. The van der Waals surface area contributed by atoms with Crippen molar-refractivity contribution in [3.05, 3.63) is 42.1 Å². The topological polar surface area (TPSA) is 68.3 Å². The zero-order valence-electron chi connectivity index (χ0n) is 14.4. The smallest absolute Gasteiger partial charge is 0.357 e. The molecule has 1 aromatic carbocycles. The van der Waals surface area contributed by atoms with Crippen LogP contribution in [-0.2, 0) is 9.53 Å². The molecule has 25 heavy (non-hydrogen) atoms. The van der Waals surface area contributed by atoms with E-state index in [1.54, 1.807) is 6.07 Å². The highest BCUT2D eigenvalue weighted by Gasteiger charge is 2.16. The van der Waals surface area contributed by atoms with Crippen LogP contribution in [0.25, 0.3) is 10.9 Å². The second-order valence-electron chi connectivity index (χ2n) is 6.57. The molecule has 0 aliphatic heterocycles. The molecule has 1 fully saturated rings. The summed E-state index contributed by atoms with van der Waals surface area (Å²) >= 11 is 0. The molecular formula is C20H24N2O3. The van der Waals surface area contributed by atoms with Gasteiger partial charge in [-0.05, 0) is 25.0 Å². The largest absolute Gasteiger partial charge is 0.451 e. The molecule has 0 spiro atoms. The lowest BCUT2D eigenvalue weighted by atomic mass is 9.97. The van der Waals surface area contributed by atoms with Gasteiger partial charge in [-0.1, -0.05) is 56.4 Å². The third kappa shape index (κ3) is 5.02. The number of esters is 1. The number of benzene rings is 1. The number of para-hydroxylation sites is 1. The maximum absolute atomic E-state index is 12.1. The van der Waals surface area contributed by atoms with Gasteiger partial charge < -0.3 is 10.1 Å². The average molecular weight is 340 g/mol. The van der Waals surface area contributed by atoms with Crippen molar-refractivity contribution < 1.29 is 14.3 Å². The molecule has 1 N–H and O–H groups in total. The molecule has 0 unspecified atom stereocenters. The Morgan fingerprint density at radius 1 is 1.00 bits per heavy atom. The molecule has 3 rings (SSSR count). The van der Waals surface area contributed by atoms with Crippen molar-refractivity contribution in [3.63, 3.8) is 0 Å². The van der Waals surface area contributed by atoms with Crippen LogP contribution < -0.4 is 5.32 Å². The second-order valence-corrected chi connectivity index (χ2v) is 6.57. The summed E-state index contributed by atoms with van der Waals surface area (Å²) in [6, 6.07) is 11.2. The fourth-order valence-corrected chi connectivity index (χ4v) is 3.25. The lowest BCUT2D eigenvalue weighted by Crippen LogP contribution is -2.38. The van der Waals surface area contributed by atoms with Gasteiger partial charge in [0.2, 0.25) is 0 Å². The van der Waals surface area contributed by atoms with Gasteiger partial charge in [-0.15, -0.1) is 0 Å². The molecule has 1 heterocycles. The Morgan fingerprint density at radius 2 is 1.72 bits per heavy atom. The summed E-state index contributed by atoms with van der Waals surface area (Å²) in [7, 11) is 0. The van der Waals surface area contributed by atoms with Gasteiger partial charge in [0.25, 0.3) is 5.91 Å². The number of aromatic nitrogens is 1. The van der Waals surface area contributed by atoms with E-state index in [0.717, 1.165) is 36.6 Å². The number of carbonyl (C=O) groups excluding carboxylic acids is 2. The number of hydrogen-bond acceptors (Lipinski definition) is 4. The van der Waals surface area contributed by atoms with Gasteiger partial charge >= 0.3 is 5.97 Å². The normalized spacial score (nSPS) is 16.0. The summed E-state index contributed by atoms with van der Waals surface area (Å²) in [5, 5.41) is 3.95. The van der Waals surface area contributed by atoms with E-state index < -0.39 is 5.97 Å². The Hall–Kier alpha value is -2.43. The highest BCUT2D eigenvalue weighted by molar-refractivity contribution is 5.92. The average Bonchev–Trinajstić information content (AvgIpc) is 2.61.